The van der Waals surface area contributed by atoms with Gasteiger partial charge in [-0.1, -0.05) is 26.0 Å². The average Bonchev–Trinajstić information content (AvgIpc) is 2.45. The molecular formula is C16H22N4. The number of anilines is 3. The summed E-state index contributed by atoms with van der Waals surface area (Å²) in [7, 11) is 0. The molecule has 2 aromatic rings. The van der Waals surface area contributed by atoms with E-state index in [-0.39, 0.29) is 0 Å². The van der Waals surface area contributed by atoms with Gasteiger partial charge in [-0.05, 0) is 37.5 Å². The van der Waals surface area contributed by atoms with E-state index in [9.17, 15) is 0 Å². The minimum atomic E-state index is 0.632. The molecule has 4 nitrogen and oxygen atoms in total. The highest BCUT2D eigenvalue weighted by Crippen LogP contribution is 2.16. The maximum atomic E-state index is 4.48. The summed E-state index contributed by atoms with van der Waals surface area (Å²) in [4.78, 5) is 8.89. The van der Waals surface area contributed by atoms with E-state index in [0.29, 0.717) is 5.95 Å². The molecule has 0 unspecified atom stereocenters. The maximum absolute atomic E-state index is 4.48. The third-order valence-electron chi connectivity index (χ3n) is 3.03. The molecule has 0 aliphatic rings. The summed E-state index contributed by atoms with van der Waals surface area (Å²) < 4.78 is 0. The molecule has 0 atom stereocenters. The van der Waals surface area contributed by atoms with E-state index in [1.54, 1.807) is 0 Å². The van der Waals surface area contributed by atoms with Crippen molar-refractivity contribution in [1.29, 1.82) is 0 Å². The Morgan fingerprint density at radius 1 is 1.05 bits per heavy atom. The Morgan fingerprint density at radius 2 is 1.80 bits per heavy atom. The number of hydrogen-bond donors (Lipinski definition) is 2. The molecule has 1 aromatic carbocycles. The molecule has 20 heavy (non-hydrogen) atoms. The summed E-state index contributed by atoms with van der Waals surface area (Å²) >= 11 is 0. The van der Waals surface area contributed by atoms with E-state index >= 15 is 0 Å². The molecular weight excluding hydrogens is 248 g/mol. The quantitative estimate of drug-likeness (QED) is 0.835. The van der Waals surface area contributed by atoms with Gasteiger partial charge in [-0.25, -0.2) is 4.98 Å². The van der Waals surface area contributed by atoms with Crippen molar-refractivity contribution in [3.05, 3.63) is 41.6 Å². The lowest BCUT2D eigenvalue weighted by Gasteiger charge is -2.09. The van der Waals surface area contributed by atoms with Crippen LogP contribution in [0.5, 0.6) is 0 Å². The molecule has 0 fully saturated rings. The molecule has 0 radical (unpaired) electrons. The largest absolute Gasteiger partial charge is 0.370 e. The zero-order chi connectivity index (χ0) is 14.4. The molecule has 0 aliphatic heterocycles. The first kappa shape index (κ1) is 14.3. The van der Waals surface area contributed by atoms with Crippen molar-refractivity contribution in [3.63, 3.8) is 0 Å². The Kier molecular flexibility index (Phi) is 4.93. The molecule has 0 saturated heterocycles. The van der Waals surface area contributed by atoms with Gasteiger partial charge in [0.05, 0.1) is 0 Å². The maximum Gasteiger partial charge on any atom is 0.229 e. The molecule has 2 N–H and O–H groups in total. The van der Waals surface area contributed by atoms with Crippen LogP contribution in [-0.4, -0.2) is 16.5 Å². The number of benzene rings is 1. The number of nitrogens with zero attached hydrogens (tertiary/aromatic N) is 2. The van der Waals surface area contributed by atoms with Crippen LogP contribution in [-0.2, 0) is 6.42 Å². The van der Waals surface area contributed by atoms with Crippen molar-refractivity contribution in [2.45, 2.75) is 33.6 Å². The van der Waals surface area contributed by atoms with E-state index in [1.165, 1.54) is 5.56 Å². The summed E-state index contributed by atoms with van der Waals surface area (Å²) in [6.45, 7) is 7.18. The average molecular weight is 270 g/mol. The minimum Gasteiger partial charge on any atom is -0.370 e. The van der Waals surface area contributed by atoms with Gasteiger partial charge in [-0.3, -0.25) is 0 Å². The van der Waals surface area contributed by atoms with Gasteiger partial charge in [0.1, 0.15) is 5.82 Å². The first-order valence-corrected chi connectivity index (χ1v) is 7.16. The minimum absolute atomic E-state index is 0.632. The molecule has 4 heteroatoms. The van der Waals surface area contributed by atoms with Crippen LogP contribution in [0.25, 0.3) is 0 Å². The van der Waals surface area contributed by atoms with E-state index in [1.807, 2.05) is 13.0 Å². The lowest BCUT2D eigenvalue weighted by atomic mass is 10.1. The van der Waals surface area contributed by atoms with Gasteiger partial charge in [0.25, 0.3) is 0 Å². The Morgan fingerprint density at radius 3 is 2.45 bits per heavy atom. The van der Waals surface area contributed by atoms with Gasteiger partial charge < -0.3 is 10.6 Å². The Hall–Kier alpha value is -2.10. The van der Waals surface area contributed by atoms with Crippen molar-refractivity contribution in [1.82, 2.24) is 9.97 Å². The summed E-state index contributed by atoms with van der Waals surface area (Å²) in [5, 5.41) is 6.54. The number of aryl methyl sites for hydroxylation is 2. The first-order chi connectivity index (χ1) is 9.71. The normalized spacial score (nSPS) is 10.3. The molecule has 0 aliphatic carbocycles. The number of hydrogen-bond acceptors (Lipinski definition) is 4. The second-order valence-electron chi connectivity index (χ2n) is 4.82. The second-order valence-corrected chi connectivity index (χ2v) is 4.82. The van der Waals surface area contributed by atoms with Crippen LogP contribution in [0.2, 0.25) is 0 Å². The van der Waals surface area contributed by atoms with Gasteiger partial charge in [-0.2, -0.15) is 4.98 Å². The summed E-state index contributed by atoms with van der Waals surface area (Å²) in [6.07, 6.45) is 2.12. The van der Waals surface area contributed by atoms with Crippen molar-refractivity contribution in [2.75, 3.05) is 17.2 Å². The van der Waals surface area contributed by atoms with E-state index < -0.39 is 0 Å². The van der Waals surface area contributed by atoms with Crippen LogP contribution in [0, 0.1) is 6.92 Å². The van der Waals surface area contributed by atoms with Crippen molar-refractivity contribution >= 4 is 17.5 Å². The van der Waals surface area contributed by atoms with Crippen LogP contribution in [0.1, 0.15) is 31.5 Å². The highest BCUT2D eigenvalue weighted by atomic mass is 15.1. The van der Waals surface area contributed by atoms with E-state index in [2.05, 4.69) is 58.7 Å². The third kappa shape index (κ3) is 3.95. The first-order valence-electron chi connectivity index (χ1n) is 7.16. The summed E-state index contributed by atoms with van der Waals surface area (Å²) in [6, 6.07) is 10.3. The van der Waals surface area contributed by atoms with Gasteiger partial charge in [0.15, 0.2) is 0 Å². The molecule has 0 bridgehead atoms. The number of rotatable bonds is 6. The highest BCUT2D eigenvalue weighted by Gasteiger charge is 2.02. The van der Waals surface area contributed by atoms with Crippen molar-refractivity contribution in [2.24, 2.45) is 0 Å². The zero-order valence-electron chi connectivity index (χ0n) is 12.4. The number of nitrogens with one attached hydrogen (secondary N) is 2. The lowest BCUT2D eigenvalue weighted by Crippen LogP contribution is -2.06. The van der Waals surface area contributed by atoms with Crippen LogP contribution in [0.4, 0.5) is 17.5 Å². The van der Waals surface area contributed by atoms with Crippen LogP contribution in [0.3, 0.4) is 0 Å². The smallest absolute Gasteiger partial charge is 0.229 e. The zero-order valence-corrected chi connectivity index (χ0v) is 12.4. The van der Waals surface area contributed by atoms with Crippen molar-refractivity contribution in [3.8, 4) is 0 Å². The Labute approximate surface area is 120 Å². The van der Waals surface area contributed by atoms with E-state index in [4.69, 9.17) is 0 Å². The lowest BCUT2D eigenvalue weighted by molar-refractivity contribution is 0.962. The fourth-order valence-electron chi connectivity index (χ4n) is 1.92. The summed E-state index contributed by atoms with van der Waals surface area (Å²) in [5.41, 5.74) is 3.28. The monoisotopic (exact) mass is 270 g/mol. The van der Waals surface area contributed by atoms with Gasteiger partial charge in [0, 0.05) is 24.0 Å². The molecule has 0 saturated carbocycles. The summed E-state index contributed by atoms with van der Waals surface area (Å²) in [5.74, 6) is 1.50. The van der Waals surface area contributed by atoms with Gasteiger partial charge >= 0.3 is 0 Å². The predicted molar refractivity (Wildman–Crippen MR) is 84.7 cm³/mol. The third-order valence-corrected chi connectivity index (χ3v) is 3.03. The van der Waals surface area contributed by atoms with Gasteiger partial charge in [0.2, 0.25) is 5.95 Å². The number of aromatic nitrogens is 2. The predicted octanol–water partition coefficient (Wildman–Crippen LogP) is 3.91. The van der Waals surface area contributed by atoms with Crippen LogP contribution in [0.15, 0.2) is 30.3 Å². The Bertz CT molecular complexity index is 549. The SMILES string of the molecule is CCCNc1cc(C)nc(Nc2ccc(CC)cc2)n1. The fourth-order valence-corrected chi connectivity index (χ4v) is 1.92. The fraction of sp³-hybridized carbons (Fsp3) is 0.375. The molecule has 1 aromatic heterocycles. The molecule has 0 amide bonds. The van der Waals surface area contributed by atoms with Gasteiger partial charge in [-0.15, -0.1) is 0 Å². The highest BCUT2D eigenvalue weighted by molar-refractivity contribution is 5.55. The topological polar surface area (TPSA) is 49.8 Å². The second kappa shape index (κ2) is 6.89. The Balaban J connectivity index is 2.12. The van der Waals surface area contributed by atoms with Crippen LogP contribution < -0.4 is 10.6 Å². The molecule has 2 rings (SSSR count). The standard InChI is InChI=1S/C16H22N4/c1-4-10-17-15-11-12(3)18-16(20-15)19-14-8-6-13(5-2)7-9-14/h6-9,11H,4-5,10H2,1-3H3,(H2,17,18,19,20). The van der Waals surface area contributed by atoms with E-state index in [0.717, 1.165) is 36.6 Å². The van der Waals surface area contributed by atoms with Crippen molar-refractivity contribution < 1.29 is 0 Å². The molecule has 0 spiro atoms. The molecule has 106 valence electrons. The molecule has 1 heterocycles. The van der Waals surface area contributed by atoms with Crippen LogP contribution >= 0.6 is 0 Å².